The first-order valence-corrected chi connectivity index (χ1v) is 8.67. The van der Waals surface area contributed by atoms with E-state index in [0.717, 1.165) is 19.3 Å². The molecule has 0 aliphatic carbocycles. The molecule has 0 unspecified atom stereocenters. The Morgan fingerprint density at radius 1 is 1.27 bits per heavy atom. The molecule has 1 amide bonds. The first-order chi connectivity index (χ1) is 12.5. The number of phenolic OH excluding ortho intramolecular Hbond substituents is 1. The summed E-state index contributed by atoms with van der Waals surface area (Å²) in [6, 6.07) is 13.8. The van der Waals surface area contributed by atoms with Crippen LogP contribution in [0, 0.1) is 11.3 Å². The Morgan fingerprint density at radius 2 is 2.00 bits per heavy atom. The maximum atomic E-state index is 12.2. The lowest BCUT2D eigenvalue weighted by Crippen LogP contribution is -2.14. The average Bonchev–Trinajstić information content (AvgIpc) is 2.64. The smallest absolute Gasteiger partial charge is 0.267 e. The van der Waals surface area contributed by atoms with Crippen LogP contribution in [0.5, 0.6) is 5.75 Å². The highest BCUT2D eigenvalue weighted by Crippen LogP contribution is 2.26. The number of halogens is 1. The molecule has 6 heteroatoms. The van der Waals surface area contributed by atoms with Crippen molar-refractivity contribution in [3.8, 4) is 11.8 Å². The monoisotopic (exact) mass is 369 g/mol. The van der Waals surface area contributed by atoms with Crippen LogP contribution in [0.25, 0.3) is 0 Å². The Kier molecular flexibility index (Phi) is 7.07. The largest absolute Gasteiger partial charge is 0.506 e. The van der Waals surface area contributed by atoms with Crippen LogP contribution in [0.3, 0.4) is 0 Å². The van der Waals surface area contributed by atoms with Gasteiger partial charge < -0.3 is 15.7 Å². The van der Waals surface area contributed by atoms with E-state index in [1.807, 2.05) is 30.3 Å². The van der Waals surface area contributed by atoms with E-state index in [1.54, 1.807) is 0 Å². The Balaban J connectivity index is 2.04. The lowest BCUT2D eigenvalue weighted by Gasteiger charge is -2.07. The van der Waals surface area contributed by atoms with Gasteiger partial charge in [0, 0.05) is 16.9 Å². The number of anilines is 2. The van der Waals surface area contributed by atoms with Gasteiger partial charge in [0.15, 0.2) is 0 Å². The van der Waals surface area contributed by atoms with Crippen LogP contribution in [0.4, 0.5) is 11.4 Å². The van der Waals surface area contributed by atoms with Crippen LogP contribution in [-0.4, -0.2) is 11.0 Å². The molecule has 0 bridgehead atoms. The van der Waals surface area contributed by atoms with Crippen molar-refractivity contribution in [2.45, 2.75) is 26.2 Å². The molecule has 0 saturated carbocycles. The van der Waals surface area contributed by atoms with E-state index in [4.69, 9.17) is 11.6 Å². The van der Waals surface area contributed by atoms with Crippen molar-refractivity contribution in [2.24, 2.45) is 0 Å². The summed E-state index contributed by atoms with van der Waals surface area (Å²) in [5.41, 5.74) is 2.00. The first kappa shape index (κ1) is 19.4. The van der Waals surface area contributed by atoms with E-state index >= 15 is 0 Å². The number of benzene rings is 2. The summed E-state index contributed by atoms with van der Waals surface area (Å²) in [7, 11) is 0. The number of phenols is 1. The quantitative estimate of drug-likeness (QED) is 0.370. The summed E-state index contributed by atoms with van der Waals surface area (Å²) in [4.78, 5) is 12.2. The van der Waals surface area contributed by atoms with Gasteiger partial charge in [-0.25, -0.2) is 0 Å². The number of carbonyl (C=O) groups excluding carboxylic acids is 1. The van der Waals surface area contributed by atoms with Gasteiger partial charge in [-0.1, -0.05) is 37.1 Å². The standard InChI is InChI=1S/C20H20ClN3O2/c1-2-3-4-14-5-8-17(9-6-14)24-20(26)15(12-22)13-23-18-11-16(21)7-10-19(18)25/h5-11,13,23,25H,2-4H2,1H3,(H,24,26)/b15-13-. The number of aryl methyl sites for hydroxylation is 1. The summed E-state index contributed by atoms with van der Waals surface area (Å²) in [6.45, 7) is 2.14. The lowest BCUT2D eigenvalue weighted by atomic mass is 10.1. The van der Waals surface area contributed by atoms with Gasteiger partial charge in [-0.05, 0) is 48.7 Å². The summed E-state index contributed by atoms with van der Waals surface area (Å²) in [6.07, 6.45) is 4.48. The number of hydrogen-bond acceptors (Lipinski definition) is 4. The van der Waals surface area contributed by atoms with Crippen LogP contribution in [0.1, 0.15) is 25.3 Å². The zero-order valence-electron chi connectivity index (χ0n) is 14.4. The molecule has 0 spiro atoms. The van der Waals surface area contributed by atoms with Gasteiger partial charge in [-0.3, -0.25) is 4.79 Å². The normalized spacial score (nSPS) is 10.9. The molecular formula is C20H20ClN3O2. The van der Waals surface area contributed by atoms with E-state index in [0.29, 0.717) is 16.4 Å². The van der Waals surface area contributed by atoms with Gasteiger partial charge in [0.25, 0.3) is 5.91 Å². The van der Waals surface area contributed by atoms with E-state index in [1.165, 1.54) is 30.0 Å². The number of nitriles is 1. The Morgan fingerprint density at radius 3 is 2.65 bits per heavy atom. The fourth-order valence-electron chi connectivity index (χ4n) is 2.26. The average molecular weight is 370 g/mol. The molecule has 2 aromatic carbocycles. The molecule has 0 aliphatic rings. The molecule has 3 N–H and O–H groups in total. The second-order valence-electron chi connectivity index (χ2n) is 5.73. The van der Waals surface area contributed by atoms with Crippen molar-refractivity contribution in [3.63, 3.8) is 0 Å². The number of nitrogens with one attached hydrogen (secondary N) is 2. The van der Waals surface area contributed by atoms with Crippen LogP contribution < -0.4 is 10.6 Å². The number of unbranched alkanes of at least 4 members (excludes halogenated alkanes) is 1. The van der Waals surface area contributed by atoms with E-state index in [-0.39, 0.29) is 11.3 Å². The third-order valence-electron chi connectivity index (χ3n) is 3.73. The summed E-state index contributed by atoms with van der Waals surface area (Å²) < 4.78 is 0. The number of carbonyl (C=O) groups is 1. The first-order valence-electron chi connectivity index (χ1n) is 8.29. The van der Waals surface area contributed by atoms with Crippen molar-refractivity contribution in [3.05, 3.63) is 64.8 Å². The van der Waals surface area contributed by atoms with Crippen molar-refractivity contribution < 1.29 is 9.90 Å². The molecule has 2 rings (SSSR count). The SMILES string of the molecule is CCCCc1ccc(NC(=O)/C(C#N)=C\Nc2cc(Cl)ccc2O)cc1. The molecule has 0 heterocycles. The fraction of sp³-hybridized carbons (Fsp3) is 0.200. The van der Waals surface area contributed by atoms with Crippen LogP contribution >= 0.6 is 11.6 Å². The van der Waals surface area contributed by atoms with Crippen LogP contribution in [-0.2, 0) is 11.2 Å². The van der Waals surface area contributed by atoms with Crippen LogP contribution in [0.15, 0.2) is 54.2 Å². The van der Waals surface area contributed by atoms with Gasteiger partial charge in [0.2, 0.25) is 0 Å². The maximum absolute atomic E-state index is 12.2. The molecular weight excluding hydrogens is 350 g/mol. The molecule has 0 atom stereocenters. The van der Waals surface area contributed by atoms with E-state index in [9.17, 15) is 15.2 Å². The highest BCUT2D eigenvalue weighted by molar-refractivity contribution is 6.30. The molecule has 0 fully saturated rings. The van der Waals surface area contributed by atoms with Gasteiger partial charge >= 0.3 is 0 Å². The minimum Gasteiger partial charge on any atom is -0.506 e. The molecule has 0 radical (unpaired) electrons. The lowest BCUT2D eigenvalue weighted by molar-refractivity contribution is -0.112. The van der Waals surface area contributed by atoms with E-state index in [2.05, 4.69) is 17.6 Å². The molecule has 134 valence electrons. The maximum Gasteiger partial charge on any atom is 0.267 e. The minimum absolute atomic E-state index is 0.0361. The van der Waals surface area contributed by atoms with Gasteiger partial charge in [0.1, 0.15) is 17.4 Å². The zero-order valence-corrected chi connectivity index (χ0v) is 15.2. The number of nitrogens with zero attached hydrogens (tertiary/aromatic N) is 1. The molecule has 5 nitrogen and oxygen atoms in total. The molecule has 0 aliphatic heterocycles. The topological polar surface area (TPSA) is 85.2 Å². The predicted molar refractivity (Wildman–Crippen MR) is 104 cm³/mol. The van der Waals surface area contributed by atoms with Crippen molar-refractivity contribution >= 4 is 28.9 Å². The summed E-state index contributed by atoms with van der Waals surface area (Å²) in [5, 5.41) is 24.8. The van der Waals surface area contributed by atoms with Crippen molar-refractivity contribution in [1.29, 1.82) is 5.26 Å². The summed E-state index contributed by atoms with van der Waals surface area (Å²) in [5.74, 6) is -0.575. The highest BCUT2D eigenvalue weighted by atomic mass is 35.5. The van der Waals surface area contributed by atoms with Gasteiger partial charge in [-0.2, -0.15) is 5.26 Å². The second-order valence-corrected chi connectivity index (χ2v) is 6.17. The number of rotatable bonds is 7. The van der Waals surface area contributed by atoms with Crippen molar-refractivity contribution in [2.75, 3.05) is 10.6 Å². The second kappa shape index (κ2) is 9.50. The molecule has 0 aromatic heterocycles. The molecule has 2 aromatic rings. The Labute approximate surface area is 157 Å². The Bertz CT molecular complexity index is 839. The molecule has 0 saturated heterocycles. The predicted octanol–water partition coefficient (Wildman–Crippen LogP) is 4.85. The summed E-state index contributed by atoms with van der Waals surface area (Å²) >= 11 is 5.86. The van der Waals surface area contributed by atoms with E-state index < -0.39 is 5.91 Å². The third-order valence-corrected chi connectivity index (χ3v) is 3.96. The van der Waals surface area contributed by atoms with Gasteiger partial charge in [-0.15, -0.1) is 0 Å². The molecule has 26 heavy (non-hydrogen) atoms. The zero-order chi connectivity index (χ0) is 18.9. The Hall–Kier alpha value is -2.97. The number of aromatic hydroxyl groups is 1. The van der Waals surface area contributed by atoms with Crippen molar-refractivity contribution in [1.82, 2.24) is 0 Å². The number of amides is 1. The fourth-order valence-corrected chi connectivity index (χ4v) is 2.43. The third kappa shape index (κ3) is 5.54. The number of hydrogen-bond donors (Lipinski definition) is 3. The highest BCUT2D eigenvalue weighted by Gasteiger charge is 2.10. The van der Waals surface area contributed by atoms with Crippen LogP contribution in [0.2, 0.25) is 5.02 Å². The minimum atomic E-state index is -0.539. The van der Waals surface area contributed by atoms with Gasteiger partial charge in [0.05, 0.1) is 5.69 Å².